The van der Waals surface area contributed by atoms with E-state index in [4.69, 9.17) is 12.2 Å². The van der Waals surface area contributed by atoms with Gasteiger partial charge in [-0.15, -0.1) is 0 Å². The Hall–Kier alpha value is -1.91. The number of carbonyl (C=O) groups excluding carboxylic acids is 1. The molecule has 2 aromatic rings. The summed E-state index contributed by atoms with van der Waals surface area (Å²) in [5, 5.41) is 0. The molecule has 0 aromatic heterocycles. The van der Waals surface area contributed by atoms with Gasteiger partial charge in [0.1, 0.15) is 4.32 Å². The number of amides is 1. The second-order valence-electron chi connectivity index (χ2n) is 7.13. The van der Waals surface area contributed by atoms with Crippen molar-refractivity contribution < 1.29 is 4.79 Å². The summed E-state index contributed by atoms with van der Waals surface area (Å²) in [5.41, 5.74) is 3.50. The van der Waals surface area contributed by atoms with Crippen molar-refractivity contribution in [1.29, 1.82) is 0 Å². The van der Waals surface area contributed by atoms with Crippen molar-refractivity contribution >= 4 is 40.3 Å². The Kier molecular flexibility index (Phi) is 5.11. The van der Waals surface area contributed by atoms with Gasteiger partial charge in [0.15, 0.2) is 0 Å². The SMILES string of the molecule is CC(C)(C)c1ccc(/C=C2/SC(=S)N(Cc3ccccc3)C2=O)cc1. The van der Waals surface area contributed by atoms with Crippen molar-refractivity contribution in [3.63, 3.8) is 0 Å². The predicted octanol–water partition coefficient (Wildman–Crippen LogP) is 5.39. The normalized spacial score (nSPS) is 16.8. The molecular formula is C21H21NOS2. The number of hydrogen-bond donors (Lipinski definition) is 0. The van der Waals surface area contributed by atoms with Gasteiger partial charge in [-0.1, -0.05) is 99.3 Å². The van der Waals surface area contributed by atoms with Gasteiger partial charge in [-0.25, -0.2) is 0 Å². The number of hydrogen-bond acceptors (Lipinski definition) is 3. The van der Waals surface area contributed by atoms with E-state index in [2.05, 4.69) is 45.0 Å². The van der Waals surface area contributed by atoms with Crippen LogP contribution in [0.2, 0.25) is 0 Å². The molecule has 1 heterocycles. The van der Waals surface area contributed by atoms with Crippen molar-refractivity contribution in [2.24, 2.45) is 0 Å². The van der Waals surface area contributed by atoms with E-state index < -0.39 is 0 Å². The zero-order chi connectivity index (χ0) is 18.0. The molecule has 1 aliphatic rings. The summed E-state index contributed by atoms with van der Waals surface area (Å²) in [6.45, 7) is 7.09. The number of benzene rings is 2. The van der Waals surface area contributed by atoms with E-state index >= 15 is 0 Å². The van der Waals surface area contributed by atoms with Crippen LogP contribution in [0.15, 0.2) is 59.5 Å². The molecule has 2 aromatic carbocycles. The van der Waals surface area contributed by atoms with Gasteiger partial charge in [0.05, 0.1) is 11.4 Å². The van der Waals surface area contributed by atoms with Crippen LogP contribution in [-0.2, 0) is 16.8 Å². The highest BCUT2D eigenvalue weighted by Gasteiger charge is 2.31. The maximum Gasteiger partial charge on any atom is 0.266 e. The second-order valence-corrected chi connectivity index (χ2v) is 8.80. The maximum absolute atomic E-state index is 12.7. The van der Waals surface area contributed by atoms with E-state index in [9.17, 15) is 4.79 Å². The lowest BCUT2D eigenvalue weighted by atomic mass is 9.87. The summed E-state index contributed by atoms with van der Waals surface area (Å²) in [6.07, 6.45) is 1.93. The molecule has 1 saturated heterocycles. The van der Waals surface area contributed by atoms with E-state index in [1.165, 1.54) is 17.3 Å². The van der Waals surface area contributed by atoms with Crippen molar-refractivity contribution in [2.75, 3.05) is 0 Å². The molecule has 128 valence electrons. The first kappa shape index (κ1) is 17.9. The Morgan fingerprint density at radius 1 is 1.04 bits per heavy atom. The molecular weight excluding hydrogens is 346 g/mol. The molecule has 1 fully saturated rings. The number of rotatable bonds is 3. The minimum Gasteiger partial charge on any atom is -0.288 e. The van der Waals surface area contributed by atoms with Crippen LogP contribution in [0.4, 0.5) is 0 Å². The van der Waals surface area contributed by atoms with Gasteiger partial charge in [-0.05, 0) is 28.2 Å². The first-order chi connectivity index (χ1) is 11.8. The van der Waals surface area contributed by atoms with Crippen LogP contribution < -0.4 is 0 Å². The van der Waals surface area contributed by atoms with Crippen LogP contribution in [0.5, 0.6) is 0 Å². The number of thiocarbonyl (C=S) groups is 1. The van der Waals surface area contributed by atoms with Crippen LogP contribution in [0, 0.1) is 0 Å². The largest absolute Gasteiger partial charge is 0.288 e. The molecule has 1 amide bonds. The molecule has 1 aliphatic heterocycles. The van der Waals surface area contributed by atoms with Crippen LogP contribution in [-0.4, -0.2) is 15.1 Å². The van der Waals surface area contributed by atoms with Crippen LogP contribution in [0.25, 0.3) is 6.08 Å². The van der Waals surface area contributed by atoms with E-state index in [-0.39, 0.29) is 11.3 Å². The molecule has 0 radical (unpaired) electrons. The lowest BCUT2D eigenvalue weighted by Gasteiger charge is -2.18. The van der Waals surface area contributed by atoms with Gasteiger partial charge in [-0.3, -0.25) is 9.69 Å². The maximum atomic E-state index is 12.7. The van der Waals surface area contributed by atoms with Gasteiger partial charge in [0, 0.05) is 0 Å². The number of thioether (sulfide) groups is 1. The zero-order valence-electron chi connectivity index (χ0n) is 14.7. The molecule has 2 nitrogen and oxygen atoms in total. The van der Waals surface area contributed by atoms with Crippen molar-refractivity contribution in [3.05, 3.63) is 76.2 Å². The monoisotopic (exact) mass is 367 g/mol. The zero-order valence-corrected chi connectivity index (χ0v) is 16.3. The topological polar surface area (TPSA) is 20.3 Å². The molecule has 3 rings (SSSR count). The quantitative estimate of drug-likeness (QED) is 0.536. The minimum atomic E-state index is -0.0150. The first-order valence-corrected chi connectivity index (χ1v) is 9.47. The summed E-state index contributed by atoms with van der Waals surface area (Å²) < 4.78 is 0.617. The third-order valence-electron chi connectivity index (χ3n) is 4.13. The van der Waals surface area contributed by atoms with E-state index in [1.807, 2.05) is 36.4 Å². The number of carbonyl (C=O) groups is 1. The molecule has 4 heteroatoms. The smallest absolute Gasteiger partial charge is 0.266 e. The minimum absolute atomic E-state index is 0.0150. The van der Waals surface area contributed by atoms with Gasteiger partial charge < -0.3 is 0 Å². The molecule has 0 saturated carbocycles. The predicted molar refractivity (Wildman–Crippen MR) is 110 cm³/mol. The number of nitrogens with zero attached hydrogens (tertiary/aromatic N) is 1. The Morgan fingerprint density at radius 2 is 1.68 bits per heavy atom. The van der Waals surface area contributed by atoms with E-state index in [0.717, 1.165) is 11.1 Å². The van der Waals surface area contributed by atoms with E-state index in [1.54, 1.807) is 4.90 Å². The Bertz CT molecular complexity index is 817. The first-order valence-electron chi connectivity index (χ1n) is 8.24. The summed E-state index contributed by atoms with van der Waals surface area (Å²) in [7, 11) is 0. The standard InChI is InChI=1S/C21H21NOS2/c1-21(2,3)17-11-9-15(10-12-17)13-18-19(23)22(20(24)25-18)14-16-7-5-4-6-8-16/h4-13H,14H2,1-3H3/b18-13+. The van der Waals surface area contributed by atoms with Crippen molar-refractivity contribution in [3.8, 4) is 0 Å². The third-order valence-corrected chi connectivity index (χ3v) is 5.51. The lowest BCUT2D eigenvalue weighted by Crippen LogP contribution is -2.27. The van der Waals surface area contributed by atoms with Crippen LogP contribution >= 0.6 is 24.0 Å². The van der Waals surface area contributed by atoms with Gasteiger partial charge in [0.2, 0.25) is 0 Å². The molecule has 0 unspecified atom stereocenters. The van der Waals surface area contributed by atoms with Gasteiger partial charge in [-0.2, -0.15) is 0 Å². The molecule has 0 aliphatic carbocycles. The fourth-order valence-electron chi connectivity index (χ4n) is 2.63. The summed E-state index contributed by atoms with van der Waals surface area (Å²) in [5.74, 6) is -0.0150. The highest BCUT2D eigenvalue weighted by atomic mass is 32.2. The fourth-order valence-corrected chi connectivity index (χ4v) is 3.89. The summed E-state index contributed by atoms with van der Waals surface area (Å²) >= 11 is 6.78. The van der Waals surface area contributed by atoms with Crippen molar-refractivity contribution in [1.82, 2.24) is 4.90 Å². The highest BCUT2D eigenvalue weighted by molar-refractivity contribution is 8.26. The fraction of sp³-hybridized carbons (Fsp3) is 0.238. The lowest BCUT2D eigenvalue weighted by molar-refractivity contribution is -0.122. The average molecular weight is 368 g/mol. The molecule has 0 bridgehead atoms. The highest BCUT2D eigenvalue weighted by Crippen LogP contribution is 2.34. The Morgan fingerprint density at radius 3 is 2.28 bits per heavy atom. The summed E-state index contributed by atoms with van der Waals surface area (Å²) in [4.78, 5) is 15.1. The summed E-state index contributed by atoms with van der Waals surface area (Å²) in [6, 6.07) is 18.3. The van der Waals surface area contributed by atoms with Crippen LogP contribution in [0.1, 0.15) is 37.5 Å². The average Bonchev–Trinajstić information content (AvgIpc) is 2.83. The third kappa shape index (κ3) is 4.20. The van der Waals surface area contributed by atoms with Crippen molar-refractivity contribution in [2.45, 2.75) is 32.7 Å². The van der Waals surface area contributed by atoms with E-state index in [0.29, 0.717) is 15.8 Å². The molecule has 0 atom stereocenters. The van der Waals surface area contributed by atoms with Gasteiger partial charge >= 0.3 is 0 Å². The Labute approximate surface area is 158 Å². The Balaban J connectivity index is 1.78. The molecule has 0 spiro atoms. The molecule has 25 heavy (non-hydrogen) atoms. The van der Waals surface area contributed by atoms with Crippen LogP contribution in [0.3, 0.4) is 0 Å². The molecule has 0 N–H and O–H groups in total. The van der Waals surface area contributed by atoms with Gasteiger partial charge in [0.25, 0.3) is 5.91 Å². The second kappa shape index (κ2) is 7.14.